The molecule has 1 aliphatic rings. The molecule has 0 aromatic heterocycles. The van der Waals surface area contributed by atoms with Gasteiger partial charge in [0, 0.05) is 24.5 Å². The van der Waals surface area contributed by atoms with Gasteiger partial charge in [-0.15, -0.1) is 0 Å². The topological polar surface area (TPSA) is 29.3 Å². The zero-order chi connectivity index (χ0) is 9.97. The van der Waals surface area contributed by atoms with Crippen LogP contribution < -0.4 is 10.6 Å². The van der Waals surface area contributed by atoms with Crippen molar-refractivity contribution in [1.29, 1.82) is 0 Å². The van der Waals surface area contributed by atoms with Crippen molar-refractivity contribution in [3.63, 3.8) is 0 Å². The van der Waals surface area contributed by atoms with Crippen molar-refractivity contribution in [1.82, 2.24) is 0 Å². The van der Waals surface area contributed by atoms with Crippen molar-refractivity contribution in [3.8, 4) is 0 Å². The molecule has 0 spiro atoms. The Morgan fingerprint density at radius 1 is 1.43 bits per heavy atom. The van der Waals surface area contributed by atoms with Crippen LogP contribution >= 0.6 is 0 Å². The van der Waals surface area contributed by atoms with Gasteiger partial charge in [0.2, 0.25) is 0 Å². The molecule has 0 saturated heterocycles. The van der Waals surface area contributed by atoms with Crippen molar-refractivity contribution in [2.75, 3.05) is 23.7 Å². The summed E-state index contributed by atoms with van der Waals surface area (Å²) in [5, 5.41) is 0. The highest BCUT2D eigenvalue weighted by Gasteiger charge is 2.17. The molecule has 2 N–H and O–H groups in total. The van der Waals surface area contributed by atoms with Crippen LogP contribution in [0.2, 0.25) is 0 Å². The molecule has 0 fully saturated rings. The minimum Gasteiger partial charge on any atom is -0.399 e. The smallest absolute Gasteiger partial charge is 0.0420 e. The molecular formula is C12H18N2. The fourth-order valence-corrected chi connectivity index (χ4v) is 2.04. The van der Waals surface area contributed by atoms with E-state index in [9.17, 15) is 0 Å². The fraction of sp³-hybridized carbons (Fsp3) is 0.500. The van der Waals surface area contributed by atoms with Crippen LogP contribution in [0.5, 0.6) is 0 Å². The van der Waals surface area contributed by atoms with Crippen molar-refractivity contribution in [2.24, 2.45) is 0 Å². The minimum absolute atomic E-state index is 0.882. The lowest BCUT2D eigenvalue weighted by Gasteiger charge is -2.19. The Bertz CT molecular complexity index is 320. The number of hydrogen-bond acceptors (Lipinski definition) is 2. The maximum Gasteiger partial charge on any atom is 0.0420 e. The summed E-state index contributed by atoms with van der Waals surface area (Å²) in [6.07, 6.45) is 3.71. The molecule has 2 rings (SSSR count). The summed E-state index contributed by atoms with van der Waals surface area (Å²) in [4.78, 5) is 2.45. The van der Waals surface area contributed by atoms with Gasteiger partial charge in [0.05, 0.1) is 0 Å². The van der Waals surface area contributed by atoms with Crippen LogP contribution in [-0.4, -0.2) is 13.1 Å². The van der Waals surface area contributed by atoms with E-state index in [0.29, 0.717) is 0 Å². The normalized spacial score (nSPS) is 14.5. The first-order chi connectivity index (χ1) is 6.81. The van der Waals surface area contributed by atoms with Crippen LogP contribution in [0.4, 0.5) is 11.4 Å². The molecule has 2 nitrogen and oxygen atoms in total. The lowest BCUT2D eigenvalue weighted by molar-refractivity contribution is 0.736. The summed E-state index contributed by atoms with van der Waals surface area (Å²) in [5.41, 5.74) is 9.49. The van der Waals surface area contributed by atoms with Gasteiger partial charge in [-0.1, -0.05) is 19.4 Å². The van der Waals surface area contributed by atoms with E-state index in [1.807, 2.05) is 6.07 Å². The van der Waals surface area contributed by atoms with Gasteiger partial charge < -0.3 is 10.6 Å². The summed E-state index contributed by atoms with van der Waals surface area (Å²) in [6.45, 7) is 4.57. The molecule has 14 heavy (non-hydrogen) atoms. The molecule has 1 aliphatic heterocycles. The third-order valence-electron chi connectivity index (χ3n) is 2.88. The molecule has 0 atom stereocenters. The van der Waals surface area contributed by atoms with E-state index in [2.05, 4.69) is 24.0 Å². The molecule has 0 radical (unpaired) electrons. The van der Waals surface area contributed by atoms with E-state index in [-0.39, 0.29) is 0 Å². The average Bonchev–Trinajstić information content (AvgIpc) is 2.57. The zero-order valence-corrected chi connectivity index (χ0v) is 8.79. The molecule has 2 heteroatoms. The zero-order valence-electron chi connectivity index (χ0n) is 8.79. The van der Waals surface area contributed by atoms with E-state index in [0.717, 1.165) is 5.69 Å². The predicted octanol–water partition coefficient (Wildman–Crippen LogP) is 2.43. The summed E-state index contributed by atoms with van der Waals surface area (Å²) in [5.74, 6) is 0. The molecule has 0 saturated carbocycles. The maximum absolute atomic E-state index is 5.80. The number of nitrogen functional groups attached to an aromatic ring is 1. The quantitative estimate of drug-likeness (QED) is 0.742. The Hall–Kier alpha value is -1.18. The van der Waals surface area contributed by atoms with Crippen LogP contribution in [0.1, 0.15) is 25.3 Å². The van der Waals surface area contributed by atoms with Crippen LogP contribution in [0.3, 0.4) is 0 Å². The Labute approximate surface area is 85.7 Å². The summed E-state index contributed by atoms with van der Waals surface area (Å²) in [6, 6.07) is 6.27. The summed E-state index contributed by atoms with van der Waals surface area (Å²) >= 11 is 0. The second-order valence-electron chi connectivity index (χ2n) is 3.98. The third kappa shape index (κ3) is 1.69. The van der Waals surface area contributed by atoms with E-state index < -0.39 is 0 Å². The van der Waals surface area contributed by atoms with Gasteiger partial charge in [0.15, 0.2) is 0 Å². The summed E-state index contributed by atoms with van der Waals surface area (Å²) < 4.78 is 0. The molecule has 0 unspecified atom stereocenters. The maximum atomic E-state index is 5.80. The lowest BCUT2D eigenvalue weighted by atomic mass is 10.1. The first kappa shape index (κ1) is 9.38. The molecule has 0 aliphatic carbocycles. The monoisotopic (exact) mass is 190 g/mol. The SMILES string of the molecule is CCCCN1CCc2ccc(N)cc21. The highest BCUT2D eigenvalue weighted by Crippen LogP contribution is 2.29. The first-order valence-electron chi connectivity index (χ1n) is 5.44. The van der Waals surface area contributed by atoms with Gasteiger partial charge in [0.1, 0.15) is 0 Å². The Kier molecular flexibility index (Phi) is 2.62. The van der Waals surface area contributed by atoms with Gasteiger partial charge in [-0.2, -0.15) is 0 Å². The number of fused-ring (bicyclic) bond motifs is 1. The van der Waals surface area contributed by atoms with Crippen molar-refractivity contribution < 1.29 is 0 Å². The Balaban J connectivity index is 2.16. The first-order valence-corrected chi connectivity index (χ1v) is 5.44. The highest BCUT2D eigenvalue weighted by atomic mass is 15.1. The number of rotatable bonds is 3. The third-order valence-corrected chi connectivity index (χ3v) is 2.88. The second kappa shape index (κ2) is 3.91. The molecular weight excluding hydrogens is 172 g/mol. The van der Waals surface area contributed by atoms with Gasteiger partial charge in [-0.25, -0.2) is 0 Å². The van der Waals surface area contributed by atoms with Crippen molar-refractivity contribution in [3.05, 3.63) is 23.8 Å². The van der Waals surface area contributed by atoms with Gasteiger partial charge in [-0.05, 0) is 30.5 Å². The van der Waals surface area contributed by atoms with Crippen molar-refractivity contribution in [2.45, 2.75) is 26.2 Å². The fourth-order valence-electron chi connectivity index (χ4n) is 2.04. The standard InChI is InChI=1S/C12H18N2/c1-2-3-7-14-8-6-10-4-5-11(13)9-12(10)14/h4-5,9H,2-3,6-8,13H2,1H3. The van der Waals surface area contributed by atoms with Gasteiger partial charge in [0.25, 0.3) is 0 Å². The Morgan fingerprint density at radius 3 is 3.07 bits per heavy atom. The lowest BCUT2D eigenvalue weighted by Crippen LogP contribution is -2.21. The average molecular weight is 190 g/mol. The largest absolute Gasteiger partial charge is 0.399 e. The minimum atomic E-state index is 0.882. The van der Waals surface area contributed by atoms with Gasteiger partial charge in [-0.3, -0.25) is 0 Å². The number of nitrogens with two attached hydrogens (primary N) is 1. The van der Waals surface area contributed by atoms with Crippen LogP contribution in [-0.2, 0) is 6.42 Å². The number of unbranched alkanes of at least 4 members (excludes halogenated alkanes) is 1. The molecule has 0 amide bonds. The number of nitrogens with zero attached hydrogens (tertiary/aromatic N) is 1. The van der Waals surface area contributed by atoms with Crippen LogP contribution in [0.25, 0.3) is 0 Å². The second-order valence-corrected chi connectivity index (χ2v) is 3.98. The van der Waals surface area contributed by atoms with E-state index in [4.69, 9.17) is 5.73 Å². The van der Waals surface area contributed by atoms with E-state index in [1.54, 1.807) is 0 Å². The van der Waals surface area contributed by atoms with Crippen molar-refractivity contribution >= 4 is 11.4 Å². The van der Waals surface area contributed by atoms with Crippen LogP contribution in [0, 0.1) is 0 Å². The van der Waals surface area contributed by atoms with Crippen LogP contribution in [0.15, 0.2) is 18.2 Å². The molecule has 76 valence electrons. The van der Waals surface area contributed by atoms with E-state index >= 15 is 0 Å². The van der Waals surface area contributed by atoms with Gasteiger partial charge >= 0.3 is 0 Å². The highest BCUT2D eigenvalue weighted by molar-refractivity contribution is 5.64. The van der Waals surface area contributed by atoms with E-state index in [1.165, 1.54) is 43.6 Å². The number of anilines is 2. The number of benzene rings is 1. The Morgan fingerprint density at radius 2 is 2.29 bits per heavy atom. The molecule has 0 bridgehead atoms. The predicted molar refractivity (Wildman–Crippen MR) is 61.7 cm³/mol. The molecule has 1 heterocycles. The molecule has 1 aromatic carbocycles. The number of hydrogen-bond donors (Lipinski definition) is 1. The molecule has 1 aromatic rings. The summed E-state index contributed by atoms with van der Waals surface area (Å²) in [7, 11) is 0.